The molecule has 32 heavy (non-hydrogen) atoms. The van der Waals surface area contributed by atoms with Gasteiger partial charge in [0.2, 0.25) is 0 Å². The van der Waals surface area contributed by atoms with Crippen LogP contribution >= 0.6 is 11.6 Å². The average Bonchev–Trinajstić information content (AvgIpc) is 3.14. The summed E-state index contributed by atoms with van der Waals surface area (Å²) < 4.78 is 44.6. The number of carbonyl (C=O) groups is 1. The Labute approximate surface area is 186 Å². The highest BCUT2D eigenvalue weighted by Gasteiger charge is 2.31. The minimum absolute atomic E-state index is 0.0295. The fraction of sp³-hybridized carbons (Fsp3) is 0.238. The lowest BCUT2D eigenvalue weighted by Gasteiger charge is -2.19. The number of hydrogen-bond donors (Lipinski definition) is 1. The van der Waals surface area contributed by atoms with Crippen LogP contribution in [0.15, 0.2) is 42.9 Å². The maximum atomic E-state index is 12.7. The fourth-order valence-electron chi connectivity index (χ4n) is 2.47. The summed E-state index contributed by atoms with van der Waals surface area (Å²) in [5, 5.41) is 6.64. The lowest BCUT2D eigenvalue weighted by atomic mass is 10.1. The molecule has 0 unspecified atom stereocenters. The molecular formula is C21H19ClF3N5O2. The molecule has 0 aliphatic carbocycles. The van der Waals surface area contributed by atoms with Gasteiger partial charge in [-0.3, -0.25) is 0 Å². The van der Waals surface area contributed by atoms with Gasteiger partial charge in [-0.25, -0.2) is 19.4 Å². The summed E-state index contributed by atoms with van der Waals surface area (Å²) in [6, 6.07) is 7.54. The second-order valence-corrected chi connectivity index (χ2v) is 8.15. The Morgan fingerprint density at radius 2 is 1.81 bits per heavy atom. The molecule has 0 saturated heterocycles. The van der Waals surface area contributed by atoms with Gasteiger partial charge in [0.25, 0.3) is 0 Å². The lowest BCUT2D eigenvalue weighted by molar-refractivity contribution is -0.137. The third kappa shape index (κ3) is 6.30. The summed E-state index contributed by atoms with van der Waals surface area (Å²) >= 11 is 5.93. The van der Waals surface area contributed by atoms with Gasteiger partial charge < -0.3 is 10.1 Å². The number of nitrogens with one attached hydrogen (secondary N) is 1. The van der Waals surface area contributed by atoms with E-state index in [2.05, 4.69) is 20.4 Å². The van der Waals surface area contributed by atoms with Crippen molar-refractivity contribution in [3.05, 3.63) is 64.8 Å². The molecule has 0 fully saturated rings. The SMILES string of the molecule is CC(C)(C)NC(=O)Oc1ccc(/C=C/c2ncn(-c3ncc(C(F)(F)F)cc3Cl)n2)cc1. The van der Waals surface area contributed by atoms with Crippen LogP contribution in [0.4, 0.5) is 18.0 Å². The number of amides is 1. The maximum Gasteiger partial charge on any atom is 0.417 e. The number of halogens is 4. The van der Waals surface area contributed by atoms with Gasteiger partial charge >= 0.3 is 12.3 Å². The first-order chi connectivity index (χ1) is 14.9. The predicted octanol–water partition coefficient (Wildman–Crippen LogP) is 5.39. The van der Waals surface area contributed by atoms with Crippen LogP contribution in [-0.4, -0.2) is 31.4 Å². The number of ether oxygens (including phenoxy) is 1. The van der Waals surface area contributed by atoms with Crippen molar-refractivity contribution in [3.63, 3.8) is 0 Å². The summed E-state index contributed by atoms with van der Waals surface area (Å²) in [6.45, 7) is 5.54. The van der Waals surface area contributed by atoms with E-state index in [9.17, 15) is 18.0 Å². The number of benzene rings is 1. The quantitative estimate of drug-likeness (QED) is 0.558. The van der Waals surface area contributed by atoms with Gasteiger partial charge in [0.05, 0.1) is 10.6 Å². The van der Waals surface area contributed by atoms with Gasteiger partial charge in [0.1, 0.15) is 12.1 Å². The summed E-state index contributed by atoms with van der Waals surface area (Å²) in [6.07, 6.45) is 0.223. The maximum absolute atomic E-state index is 12.7. The molecule has 1 amide bonds. The molecule has 0 bridgehead atoms. The summed E-state index contributed by atoms with van der Waals surface area (Å²) in [5.41, 5.74) is -0.568. The monoisotopic (exact) mass is 465 g/mol. The molecule has 0 saturated carbocycles. The van der Waals surface area contributed by atoms with Crippen molar-refractivity contribution in [2.75, 3.05) is 0 Å². The Bertz CT molecular complexity index is 1140. The molecule has 0 spiro atoms. The van der Waals surface area contributed by atoms with Gasteiger partial charge in [-0.1, -0.05) is 29.8 Å². The number of aromatic nitrogens is 4. The van der Waals surface area contributed by atoms with Gasteiger partial charge in [-0.15, -0.1) is 5.10 Å². The van der Waals surface area contributed by atoms with Gasteiger partial charge in [-0.2, -0.15) is 13.2 Å². The Morgan fingerprint density at radius 1 is 1.12 bits per heavy atom. The Balaban J connectivity index is 1.67. The highest BCUT2D eigenvalue weighted by molar-refractivity contribution is 6.32. The van der Waals surface area contributed by atoms with E-state index in [1.807, 2.05) is 20.8 Å². The van der Waals surface area contributed by atoms with Crippen molar-refractivity contribution >= 4 is 29.8 Å². The van der Waals surface area contributed by atoms with Crippen molar-refractivity contribution < 1.29 is 22.7 Å². The molecule has 0 atom stereocenters. The Morgan fingerprint density at radius 3 is 2.41 bits per heavy atom. The highest BCUT2D eigenvalue weighted by Crippen LogP contribution is 2.31. The van der Waals surface area contributed by atoms with Crippen LogP contribution < -0.4 is 10.1 Å². The van der Waals surface area contributed by atoms with Gasteiger partial charge in [-0.05, 0) is 50.6 Å². The van der Waals surface area contributed by atoms with Crippen molar-refractivity contribution in [1.82, 2.24) is 25.1 Å². The van der Waals surface area contributed by atoms with E-state index in [4.69, 9.17) is 16.3 Å². The van der Waals surface area contributed by atoms with Crippen LogP contribution in [0, 0.1) is 0 Å². The van der Waals surface area contributed by atoms with Crippen LogP contribution in [0.5, 0.6) is 5.75 Å². The molecule has 7 nitrogen and oxygen atoms in total. The standard InChI is InChI=1S/C21H19ClF3N5O2/c1-20(2,3)28-19(31)32-15-7-4-13(5-8-15)6-9-17-27-12-30(29-17)18-16(22)10-14(11-26-18)21(23,24)25/h4-12H,1-3H3,(H,28,31)/b9-6+. The van der Waals surface area contributed by atoms with E-state index in [1.54, 1.807) is 36.4 Å². The Kier molecular flexibility index (Phi) is 6.54. The van der Waals surface area contributed by atoms with Crippen LogP contribution in [0.1, 0.15) is 37.7 Å². The predicted molar refractivity (Wildman–Crippen MR) is 113 cm³/mol. The highest BCUT2D eigenvalue weighted by atomic mass is 35.5. The topological polar surface area (TPSA) is 81.9 Å². The number of hydrogen-bond acceptors (Lipinski definition) is 5. The van der Waals surface area contributed by atoms with E-state index in [0.29, 0.717) is 17.8 Å². The summed E-state index contributed by atoms with van der Waals surface area (Å²) in [4.78, 5) is 19.6. The molecular weight excluding hydrogens is 447 g/mol. The minimum atomic E-state index is -4.54. The first kappa shape index (κ1) is 23.3. The number of alkyl halides is 3. The third-order valence-electron chi connectivity index (χ3n) is 3.87. The molecule has 1 aromatic carbocycles. The van der Waals surface area contributed by atoms with Crippen LogP contribution in [0.2, 0.25) is 5.02 Å². The first-order valence-corrected chi connectivity index (χ1v) is 9.71. The molecule has 2 heterocycles. The smallest absolute Gasteiger partial charge is 0.410 e. The van der Waals surface area contributed by atoms with E-state index in [-0.39, 0.29) is 10.8 Å². The fourth-order valence-corrected chi connectivity index (χ4v) is 2.72. The summed E-state index contributed by atoms with van der Waals surface area (Å²) in [7, 11) is 0. The molecule has 0 aliphatic rings. The average molecular weight is 466 g/mol. The second-order valence-electron chi connectivity index (χ2n) is 7.74. The molecule has 3 aromatic rings. The normalized spacial score (nSPS) is 12.2. The van der Waals surface area contributed by atoms with Crippen LogP contribution in [-0.2, 0) is 6.18 Å². The number of nitrogens with zero attached hydrogens (tertiary/aromatic N) is 4. The third-order valence-corrected chi connectivity index (χ3v) is 4.15. The van der Waals surface area contributed by atoms with Crippen LogP contribution in [0.25, 0.3) is 18.0 Å². The minimum Gasteiger partial charge on any atom is -0.410 e. The molecule has 0 radical (unpaired) electrons. The molecule has 1 N–H and O–H groups in total. The van der Waals surface area contributed by atoms with E-state index in [0.717, 1.165) is 11.6 Å². The molecule has 11 heteroatoms. The largest absolute Gasteiger partial charge is 0.417 e. The Hall–Kier alpha value is -3.40. The van der Waals surface area contributed by atoms with Crippen molar-refractivity contribution in [2.24, 2.45) is 0 Å². The van der Waals surface area contributed by atoms with E-state index < -0.39 is 23.4 Å². The second kappa shape index (κ2) is 8.99. The molecule has 3 rings (SSSR count). The zero-order valence-corrected chi connectivity index (χ0v) is 18.1. The zero-order valence-electron chi connectivity index (χ0n) is 17.3. The van der Waals surface area contributed by atoms with Crippen molar-refractivity contribution in [3.8, 4) is 11.6 Å². The molecule has 168 valence electrons. The van der Waals surface area contributed by atoms with Gasteiger partial charge in [0, 0.05) is 11.7 Å². The zero-order chi connectivity index (χ0) is 23.5. The number of carbonyl (C=O) groups excluding carboxylic acids is 1. The van der Waals surface area contributed by atoms with E-state index in [1.165, 1.54) is 11.0 Å². The number of pyridine rings is 1. The summed E-state index contributed by atoms with van der Waals surface area (Å²) in [5.74, 6) is 0.712. The van der Waals surface area contributed by atoms with Crippen LogP contribution in [0.3, 0.4) is 0 Å². The molecule has 0 aliphatic heterocycles. The number of rotatable bonds is 4. The van der Waals surface area contributed by atoms with Crippen molar-refractivity contribution in [2.45, 2.75) is 32.5 Å². The van der Waals surface area contributed by atoms with Gasteiger partial charge in [0.15, 0.2) is 11.6 Å². The van der Waals surface area contributed by atoms with Crippen molar-refractivity contribution in [1.29, 1.82) is 0 Å². The molecule has 2 aromatic heterocycles. The van der Waals surface area contributed by atoms with E-state index >= 15 is 0 Å². The first-order valence-electron chi connectivity index (χ1n) is 9.34. The lowest BCUT2D eigenvalue weighted by Crippen LogP contribution is -2.42.